The van der Waals surface area contributed by atoms with Crippen LogP contribution in [-0.4, -0.2) is 49.0 Å². The Hall–Kier alpha value is -1.79. The standard InChI is InChI=1S/C17H24N2O3S/c1-4-5-9-18-10-7-6-8-14(2)13-15-16(20)19(11-12-21-3)17(23)22-15/h6-8,10,13H,4-5,9,11-12H2,1-3H3/b7-6-,14-8+,15-13+,18-10?. The van der Waals surface area contributed by atoms with Crippen LogP contribution in [0.2, 0.25) is 0 Å². The molecule has 0 aromatic rings. The van der Waals surface area contributed by atoms with Crippen LogP contribution in [0.15, 0.2) is 40.6 Å². The molecule has 0 N–H and O–H groups in total. The molecule has 0 bridgehead atoms. The maximum atomic E-state index is 12.2. The smallest absolute Gasteiger partial charge is 0.297 e. The highest BCUT2D eigenvalue weighted by atomic mass is 32.1. The minimum Gasteiger partial charge on any atom is -0.426 e. The van der Waals surface area contributed by atoms with Crippen molar-refractivity contribution in [3.63, 3.8) is 0 Å². The number of thiocarbonyl (C=S) groups is 1. The summed E-state index contributed by atoms with van der Waals surface area (Å²) in [4.78, 5) is 17.8. The predicted octanol–water partition coefficient (Wildman–Crippen LogP) is 3.03. The Morgan fingerprint density at radius 1 is 1.43 bits per heavy atom. The predicted molar refractivity (Wildman–Crippen MR) is 96.5 cm³/mol. The summed E-state index contributed by atoms with van der Waals surface area (Å²) in [5.74, 6) is 0.00905. The highest BCUT2D eigenvalue weighted by molar-refractivity contribution is 7.80. The third-order valence-electron chi connectivity index (χ3n) is 3.05. The number of hydrogen-bond donors (Lipinski definition) is 0. The van der Waals surface area contributed by atoms with Gasteiger partial charge >= 0.3 is 0 Å². The zero-order chi connectivity index (χ0) is 17.1. The van der Waals surface area contributed by atoms with Crippen LogP contribution >= 0.6 is 12.2 Å². The molecule has 1 saturated heterocycles. The Balaban J connectivity index is 2.58. The fourth-order valence-corrected chi connectivity index (χ4v) is 2.04. The minimum absolute atomic E-state index is 0.171. The molecule has 1 rings (SSSR count). The molecule has 0 unspecified atom stereocenters. The molecule has 0 aliphatic carbocycles. The molecule has 0 aromatic heterocycles. The first-order valence-corrected chi connectivity index (χ1v) is 8.08. The lowest BCUT2D eigenvalue weighted by Gasteiger charge is -2.10. The van der Waals surface area contributed by atoms with E-state index in [1.54, 1.807) is 19.4 Å². The van der Waals surface area contributed by atoms with Gasteiger partial charge < -0.3 is 9.47 Å². The first-order chi connectivity index (χ1) is 11.1. The summed E-state index contributed by atoms with van der Waals surface area (Å²) in [6, 6.07) is 0. The number of ether oxygens (including phenoxy) is 2. The van der Waals surface area contributed by atoms with Gasteiger partial charge in [-0.2, -0.15) is 0 Å². The molecule has 1 aliphatic heterocycles. The van der Waals surface area contributed by atoms with E-state index < -0.39 is 0 Å². The fraction of sp³-hybridized carbons (Fsp3) is 0.471. The van der Waals surface area contributed by atoms with Crippen LogP contribution in [0.25, 0.3) is 0 Å². The van der Waals surface area contributed by atoms with E-state index in [-0.39, 0.29) is 16.8 Å². The molecule has 6 heteroatoms. The van der Waals surface area contributed by atoms with E-state index in [4.69, 9.17) is 21.7 Å². The molecule has 5 nitrogen and oxygen atoms in total. The number of unbranched alkanes of at least 4 members (excludes halogenated alkanes) is 1. The lowest BCUT2D eigenvalue weighted by atomic mass is 10.2. The van der Waals surface area contributed by atoms with E-state index in [0.29, 0.717) is 13.2 Å². The average molecular weight is 336 g/mol. The molecular weight excluding hydrogens is 312 g/mol. The van der Waals surface area contributed by atoms with Gasteiger partial charge in [-0.05, 0) is 43.3 Å². The van der Waals surface area contributed by atoms with Crippen molar-refractivity contribution >= 4 is 29.5 Å². The molecule has 23 heavy (non-hydrogen) atoms. The molecular formula is C17H24N2O3S. The molecule has 1 amide bonds. The van der Waals surface area contributed by atoms with E-state index >= 15 is 0 Å². The number of allylic oxidation sites excluding steroid dienone is 5. The van der Waals surface area contributed by atoms with Crippen LogP contribution in [0, 0.1) is 0 Å². The minimum atomic E-state index is -0.232. The van der Waals surface area contributed by atoms with Crippen molar-refractivity contribution in [2.75, 3.05) is 26.8 Å². The second-order valence-corrected chi connectivity index (χ2v) is 5.38. The normalized spacial score (nSPS) is 18.0. The molecule has 0 atom stereocenters. The number of carbonyl (C=O) groups excluding carboxylic acids is 1. The lowest BCUT2D eigenvalue weighted by molar-refractivity contribution is -0.123. The van der Waals surface area contributed by atoms with Crippen LogP contribution in [0.1, 0.15) is 26.7 Å². The Morgan fingerprint density at radius 3 is 2.91 bits per heavy atom. The molecule has 126 valence electrons. The van der Waals surface area contributed by atoms with Crippen molar-refractivity contribution in [2.45, 2.75) is 26.7 Å². The Kier molecular flexibility index (Phi) is 9.09. The van der Waals surface area contributed by atoms with Crippen molar-refractivity contribution in [2.24, 2.45) is 4.99 Å². The molecule has 0 saturated carbocycles. The summed E-state index contributed by atoms with van der Waals surface area (Å²) in [5, 5.41) is 0.171. The lowest BCUT2D eigenvalue weighted by Crippen LogP contribution is -2.31. The quantitative estimate of drug-likeness (QED) is 0.213. The topological polar surface area (TPSA) is 51.1 Å². The van der Waals surface area contributed by atoms with Gasteiger partial charge in [0.2, 0.25) is 0 Å². The first-order valence-electron chi connectivity index (χ1n) is 7.67. The van der Waals surface area contributed by atoms with E-state index in [9.17, 15) is 4.79 Å². The van der Waals surface area contributed by atoms with Crippen LogP contribution in [0.5, 0.6) is 0 Å². The van der Waals surface area contributed by atoms with Crippen molar-refractivity contribution in [3.05, 3.63) is 35.6 Å². The van der Waals surface area contributed by atoms with Crippen LogP contribution in [0.4, 0.5) is 0 Å². The summed E-state index contributed by atoms with van der Waals surface area (Å²) < 4.78 is 10.3. The third kappa shape index (κ3) is 6.88. The van der Waals surface area contributed by atoms with Crippen molar-refractivity contribution in [1.82, 2.24) is 4.90 Å². The number of hydrogen-bond acceptors (Lipinski definition) is 5. The maximum Gasteiger partial charge on any atom is 0.297 e. The number of rotatable bonds is 9. The summed E-state index contributed by atoms with van der Waals surface area (Å²) in [6.45, 7) is 5.69. The monoisotopic (exact) mass is 336 g/mol. The largest absolute Gasteiger partial charge is 0.426 e. The highest BCUT2D eigenvalue weighted by Gasteiger charge is 2.32. The van der Waals surface area contributed by atoms with Crippen molar-refractivity contribution in [1.29, 1.82) is 0 Å². The number of carbonyl (C=O) groups is 1. The van der Waals surface area contributed by atoms with Crippen molar-refractivity contribution in [3.8, 4) is 0 Å². The van der Waals surface area contributed by atoms with Crippen LogP contribution in [-0.2, 0) is 14.3 Å². The van der Waals surface area contributed by atoms with Gasteiger partial charge in [-0.25, -0.2) is 0 Å². The molecule has 0 radical (unpaired) electrons. The number of methoxy groups -OCH3 is 1. The van der Waals surface area contributed by atoms with Gasteiger partial charge in [0, 0.05) is 19.9 Å². The summed E-state index contributed by atoms with van der Waals surface area (Å²) in [7, 11) is 1.58. The second-order valence-electron chi connectivity index (χ2n) is 5.03. The van der Waals surface area contributed by atoms with E-state index in [1.165, 1.54) is 4.90 Å². The Morgan fingerprint density at radius 2 is 2.22 bits per heavy atom. The molecule has 0 aromatic carbocycles. The van der Waals surface area contributed by atoms with Gasteiger partial charge in [0.05, 0.1) is 13.2 Å². The summed E-state index contributed by atoms with van der Waals surface area (Å²) >= 11 is 5.05. The zero-order valence-electron chi connectivity index (χ0n) is 13.9. The maximum absolute atomic E-state index is 12.2. The molecule has 1 aliphatic rings. The van der Waals surface area contributed by atoms with Crippen LogP contribution in [0.3, 0.4) is 0 Å². The van der Waals surface area contributed by atoms with Gasteiger partial charge in [0.1, 0.15) is 0 Å². The molecule has 1 heterocycles. The summed E-state index contributed by atoms with van der Waals surface area (Å²) in [5.41, 5.74) is 0.892. The highest BCUT2D eigenvalue weighted by Crippen LogP contribution is 2.18. The van der Waals surface area contributed by atoms with Gasteiger partial charge in [-0.1, -0.05) is 25.5 Å². The van der Waals surface area contributed by atoms with Gasteiger partial charge in [-0.3, -0.25) is 14.7 Å². The fourth-order valence-electron chi connectivity index (χ4n) is 1.77. The molecule has 0 spiro atoms. The molecule has 1 fully saturated rings. The first kappa shape index (κ1) is 19.3. The van der Waals surface area contributed by atoms with E-state index in [1.807, 2.05) is 25.2 Å². The Bertz CT molecular complexity index is 536. The third-order valence-corrected chi connectivity index (χ3v) is 3.36. The SMILES string of the molecule is CCCCN=C\C=C/C=C(C)/C=C1/OC(=S)N(CCOC)C1=O. The van der Waals surface area contributed by atoms with E-state index in [0.717, 1.165) is 25.0 Å². The van der Waals surface area contributed by atoms with Gasteiger partial charge in [-0.15, -0.1) is 0 Å². The average Bonchev–Trinajstić information content (AvgIpc) is 2.78. The second kappa shape index (κ2) is 10.9. The van der Waals surface area contributed by atoms with Gasteiger partial charge in [0.15, 0.2) is 5.76 Å². The Labute approximate surface area is 143 Å². The summed E-state index contributed by atoms with van der Waals surface area (Å²) in [6.07, 6.45) is 11.3. The number of nitrogens with zero attached hydrogens (tertiary/aromatic N) is 2. The number of amides is 1. The van der Waals surface area contributed by atoms with Crippen LogP contribution < -0.4 is 0 Å². The number of aliphatic imine (C=N–C) groups is 1. The van der Waals surface area contributed by atoms with Crippen molar-refractivity contribution < 1.29 is 14.3 Å². The zero-order valence-corrected chi connectivity index (χ0v) is 14.8. The van der Waals surface area contributed by atoms with E-state index in [2.05, 4.69) is 11.9 Å². The van der Waals surface area contributed by atoms with Gasteiger partial charge in [0.25, 0.3) is 11.1 Å².